The summed E-state index contributed by atoms with van der Waals surface area (Å²) in [7, 11) is 0. The second-order valence-corrected chi connectivity index (χ2v) is 5.62. The normalized spacial score (nSPS) is 17.1. The Labute approximate surface area is 117 Å². The lowest BCUT2D eigenvalue weighted by Gasteiger charge is -2.36. The van der Waals surface area contributed by atoms with E-state index in [-0.39, 0.29) is 5.75 Å². The van der Waals surface area contributed by atoms with Gasteiger partial charge in [0.25, 0.3) is 0 Å². The Bertz CT molecular complexity index is 450. The fraction of sp³-hybridized carbons (Fsp3) is 0.600. The summed E-state index contributed by atoms with van der Waals surface area (Å²) in [6.07, 6.45) is 2.77. The van der Waals surface area contributed by atoms with Gasteiger partial charge in [0.1, 0.15) is 5.75 Å². The fourth-order valence-electron chi connectivity index (χ4n) is 2.62. The smallest absolute Gasteiger partial charge is 0.387 e. The van der Waals surface area contributed by atoms with Crippen molar-refractivity contribution in [2.24, 2.45) is 0 Å². The molecule has 0 amide bonds. The van der Waals surface area contributed by atoms with Gasteiger partial charge < -0.3 is 15.2 Å². The molecule has 1 aromatic rings. The molecule has 0 atom stereocenters. The van der Waals surface area contributed by atoms with Crippen molar-refractivity contribution in [2.75, 3.05) is 6.54 Å². The molecule has 0 spiro atoms. The number of hydrogen-bond acceptors (Lipinski definition) is 3. The molecule has 0 aromatic heterocycles. The fourth-order valence-corrected chi connectivity index (χ4v) is 2.62. The number of alkyl halides is 2. The van der Waals surface area contributed by atoms with Crippen LogP contribution in [-0.4, -0.2) is 23.9 Å². The summed E-state index contributed by atoms with van der Waals surface area (Å²) in [5, 5.41) is 13.2. The van der Waals surface area contributed by atoms with Crippen LogP contribution in [0, 0.1) is 13.8 Å². The van der Waals surface area contributed by atoms with Crippen LogP contribution in [-0.2, 0) is 6.54 Å². The second kappa shape index (κ2) is 6.06. The SMILES string of the molecule is Cc1cc(CNCC2(O)CCC2)cc(C)c1OC(F)F. The summed E-state index contributed by atoms with van der Waals surface area (Å²) in [6, 6.07) is 3.67. The zero-order valence-corrected chi connectivity index (χ0v) is 11.9. The van der Waals surface area contributed by atoms with Crippen LogP contribution in [0.5, 0.6) is 5.75 Å². The second-order valence-electron chi connectivity index (χ2n) is 5.62. The molecular formula is C15H21F2NO2. The zero-order valence-electron chi connectivity index (χ0n) is 11.9. The maximum atomic E-state index is 12.3. The van der Waals surface area contributed by atoms with Gasteiger partial charge in [-0.15, -0.1) is 0 Å². The first-order chi connectivity index (χ1) is 9.39. The Hall–Kier alpha value is -1.20. The van der Waals surface area contributed by atoms with Crippen LogP contribution in [0.3, 0.4) is 0 Å². The minimum Gasteiger partial charge on any atom is -0.434 e. The number of halogens is 2. The van der Waals surface area contributed by atoms with Crippen molar-refractivity contribution in [1.29, 1.82) is 0 Å². The van der Waals surface area contributed by atoms with Crippen molar-refractivity contribution >= 4 is 0 Å². The third kappa shape index (κ3) is 3.67. The third-order valence-electron chi connectivity index (χ3n) is 3.79. The highest BCUT2D eigenvalue weighted by Gasteiger charge is 2.33. The highest BCUT2D eigenvalue weighted by molar-refractivity contribution is 5.43. The number of benzene rings is 1. The summed E-state index contributed by atoms with van der Waals surface area (Å²) in [5.74, 6) is 0.251. The van der Waals surface area contributed by atoms with Crippen molar-refractivity contribution < 1.29 is 18.6 Å². The minimum absolute atomic E-state index is 0.251. The standard InChI is InChI=1S/C15H21F2NO2/c1-10-6-12(7-11(2)13(10)20-14(16)17)8-18-9-15(19)4-3-5-15/h6-7,14,18-19H,3-5,8-9H2,1-2H3. The molecule has 3 nitrogen and oxygen atoms in total. The lowest BCUT2D eigenvalue weighted by atomic mass is 9.80. The topological polar surface area (TPSA) is 41.5 Å². The average molecular weight is 285 g/mol. The Morgan fingerprint density at radius 1 is 1.30 bits per heavy atom. The molecule has 112 valence electrons. The Morgan fingerprint density at radius 2 is 1.90 bits per heavy atom. The first-order valence-electron chi connectivity index (χ1n) is 6.88. The highest BCUT2D eigenvalue weighted by Crippen LogP contribution is 2.31. The Morgan fingerprint density at radius 3 is 2.35 bits per heavy atom. The number of nitrogens with one attached hydrogen (secondary N) is 1. The number of hydrogen-bond donors (Lipinski definition) is 2. The van der Waals surface area contributed by atoms with E-state index < -0.39 is 12.2 Å². The molecule has 20 heavy (non-hydrogen) atoms. The van der Waals surface area contributed by atoms with E-state index in [0.29, 0.717) is 24.2 Å². The maximum absolute atomic E-state index is 12.3. The molecule has 1 fully saturated rings. The van der Waals surface area contributed by atoms with Crippen molar-refractivity contribution in [3.05, 3.63) is 28.8 Å². The van der Waals surface area contributed by atoms with Crippen LogP contribution in [0.4, 0.5) is 8.78 Å². The van der Waals surface area contributed by atoms with Crippen LogP contribution in [0.15, 0.2) is 12.1 Å². The van der Waals surface area contributed by atoms with Crippen LogP contribution in [0.1, 0.15) is 36.0 Å². The van der Waals surface area contributed by atoms with Gasteiger partial charge in [-0.25, -0.2) is 0 Å². The predicted molar refractivity (Wildman–Crippen MR) is 73.1 cm³/mol. The van der Waals surface area contributed by atoms with Gasteiger partial charge in [0.15, 0.2) is 0 Å². The third-order valence-corrected chi connectivity index (χ3v) is 3.79. The predicted octanol–water partition coefficient (Wildman–Crippen LogP) is 2.91. The molecule has 5 heteroatoms. The molecule has 0 bridgehead atoms. The van der Waals surface area contributed by atoms with Gasteiger partial charge in [0.2, 0.25) is 0 Å². The largest absolute Gasteiger partial charge is 0.434 e. The Kier molecular flexibility index (Phi) is 4.60. The van der Waals surface area contributed by atoms with E-state index in [1.807, 2.05) is 12.1 Å². The van der Waals surface area contributed by atoms with Crippen molar-refractivity contribution in [2.45, 2.75) is 51.9 Å². The van der Waals surface area contributed by atoms with Crippen LogP contribution < -0.4 is 10.1 Å². The number of ether oxygens (including phenoxy) is 1. The Balaban J connectivity index is 1.95. The lowest BCUT2D eigenvalue weighted by Crippen LogP contribution is -2.45. The van der Waals surface area contributed by atoms with Gasteiger partial charge >= 0.3 is 6.61 Å². The van der Waals surface area contributed by atoms with Gasteiger partial charge in [-0.05, 0) is 49.8 Å². The van der Waals surface area contributed by atoms with Crippen LogP contribution in [0.2, 0.25) is 0 Å². The van der Waals surface area contributed by atoms with Gasteiger partial charge in [-0.3, -0.25) is 0 Å². The van der Waals surface area contributed by atoms with E-state index in [9.17, 15) is 13.9 Å². The first-order valence-corrected chi connectivity index (χ1v) is 6.88. The van der Waals surface area contributed by atoms with Crippen molar-refractivity contribution in [1.82, 2.24) is 5.32 Å². The van der Waals surface area contributed by atoms with E-state index in [1.54, 1.807) is 13.8 Å². The van der Waals surface area contributed by atoms with Crippen LogP contribution in [0.25, 0.3) is 0 Å². The summed E-state index contributed by atoms with van der Waals surface area (Å²) >= 11 is 0. The zero-order chi connectivity index (χ0) is 14.8. The number of aryl methyl sites for hydroxylation is 2. The maximum Gasteiger partial charge on any atom is 0.387 e. The molecule has 0 unspecified atom stereocenters. The minimum atomic E-state index is -2.80. The van der Waals surface area contributed by atoms with E-state index in [2.05, 4.69) is 10.1 Å². The molecule has 1 aromatic carbocycles. The van der Waals surface area contributed by atoms with Gasteiger partial charge in [0.05, 0.1) is 5.60 Å². The quantitative estimate of drug-likeness (QED) is 0.844. The summed E-state index contributed by atoms with van der Waals surface area (Å²) in [4.78, 5) is 0. The van der Waals surface area contributed by atoms with Gasteiger partial charge in [0, 0.05) is 13.1 Å². The molecule has 1 aliphatic rings. The van der Waals surface area contributed by atoms with E-state index in [1.165, 1.54) is 0 Å². The number of aliphatic hydroxyl groups is 1. The molecular weight excluding hydrogens is 264 g/mol. The molecule has 0 radical (unpaired) electrons. The molecule has 0 aliphatic heterocycles. The summed E-state index contributed by atoms with van der Waals surface area (Å²) in [6.45, 7) is 1.89. The van der Waals surface area contributed by atoms with Crippen LogP contribution >= 0.6 is 0 Å². The summed E-state index contributed by atoms with van der Waals surface area (Å²) in [5.41, 5.74) is 1.85. The van der Waals surface area contributed by atoms with E-state index in [0.717, 1.165) is 24.8 Å². The van der Waals surface area contributed by atoms with Crippen molar-refractivity contribution in [3.8, 4) is 5.75 Å². The number of rotatable bonds is 6. The average Bonchev–Trinajstić information content (AvgIpc) is 2.31. The highest BCUT2D eigenvalue weighted by atomic mass is 19.3. The van der Waals surface area contributed by atoms with Crippen molar-refractivity contribution in [3.63, 3.8) is 0 Å². The molecule has 1 aliphatic carbocycles. The monoisotopic (exact) mass is 285 g/mol. The van der Waals surface area contributed by atoms with E-state index >= 15 is 0 Å². The molecule has 1 saturated carbocycles. The first kappa shape index (κ1) is 15.2. The van der Waals surface area contributed by atoms with Gasteiger partial charge in [-0.2, -0.15) is 8.78 Å². The van der Waals surface area contributed by atoms with E-state index in [4.69, 9.17) is 0 Å². The molecule has 2 N–H and O–H groups in total. The lowest BCUT2D eigenvalue weighted by molar-refractivity contribution is -0.0507. The summed E-state index contributed by atoms with van der Waals surface area (Å²) < 4.78 is 29.1. The molecule has 2 rings (SSSR count). The van der Waals surface area contributed by atoms with Gasteiger partial charge in [-0.1, -0.05) is 12.1 Å². The molecule has 0 heterocycles. The molecule has 0 saturated heterocycles.